The molecule has 5 aliphatic rings. The Kier molecular flexibility index (Phi) is 7.21. The first-order valence-electron chi connectivity index (χ1n) is 15.1. The van der Waals surface area contributed by atoms with E-state index in [2.05, 4.69) is 17.2 Å². The Morgan fingerprint density at radius 1 is 1.02 bits per heavy atom. The van der Waals surface area contributed by atoms with E-state index in [0.717, 1.165) is 43.5 Å². The molecule has 2 amide bonds. The number of piperazine rings is 1. The molecule has 4 fully saturated rings. The van der Waals surface area contributed by atoms with Crippen molar-refractivity contribution in [1.82, 2.24) is 23.5 Å². The summed E-state index contributed by atoms with van der Waals surface area (Å²) in [5.41, 5.74) is -0.0255. The molecule has 1 N–H and O–H groups in total. The van der Waals surface area contributed by atoms with E-state index < -0.39 is 27.3 Å². The van der Waals surface area contributed by atoms with Crippen molar-refractivity contribution in [3.8, 4) is 0 Å². The number of fused-ring (bicyclic) bond motifs is 2. The van der Waals surface area contributed by atoms with E-state index >= 15 is 0 Å². The van der Waals surface area contributed by atoms with Crippen LogP contribution in [0, 0.1) is 5.92 Å². The molecule has 6 rings (SSSR count). The number of hydrogen-bond acceptors (Lipinski definition) is 8. The van der Waals surface area contributed by atoms with Crippen molar-refractivity contribution in [3.05, 3.63) is 11.8 Å². The molecule has 2 saturated carbocycles. The van der Waals surface area contributed by atoms with Crippen LogP contribution in [0.3, 0.4) is 0 Å². The minimum Gasteiger partial charge on any atom is -0.444 e. The fourth-order valence-electron chi connectivity index (χ4n) is 6.84. The van der Waals surface area contributed by atoms with Crippen LogP contribution in [0.1, 0.15) is 78.2 Å². The fraction of sp³-hybridized carbons (Fsp3) is 0.786. The lowest BCUT2D eigenvalue weighted by Gasteiger charge is -2.39. The Hall–Kier alpha value is -2.51. The van der Waals surface area contributed by atoms with E-state index in [0.29, 0.717) is 50.9 Å². The molecule has 1 aromatic rings. The molecule has 2 aliphatic carbocycles. The molecule has 0 radical (unpaired) electrons. The van der Waals surface area contributed by atoms with Gasteiger partial charge in [-0.05, 0) is 65.2 Å². The van der Waals surface area contributed by atoms with E-state index in [4.69, 9.17) is 9.72 Å². The number of anilines is 2. The molecule has 2 atom stereocenters. The van der Waals surface area contributed by atoms with Crippen LogP contribution in [-0.2, 0) is 25.2 Å². The van der Waals surface area contributed by atoms with Crippen LogP contribution in [0.4, 0.5) is 16.6 Å². The zero-order valence-corrected chi connectivity index (χ0v) is 25.5. The van der Waals surface area contributed by atoms with Gasteiger partial charge in [0, 0.05) is 63.1 Å². The monoisotopic (exact) mass is 589 g/mol. The molecule has 2 saturated heterocycles. The van der Waals surface area contributed by atoms with Gasteiger partial charge in [0.25, 0.3) is 10.2 Å². The molecule has 4 heterocycles. The van der Waals surface area contributed by atoms with Gasteiger partial charge in [0.1, 0.15) is 11.4 Å². The van der Waals surface area contributed by atoms with E-state index in [-0.39, 0.29) is 31.1 Å². The van der Waals surface area contributed by atoms with Gasteiger partial charge in [-0.1, -0.05) is 13.3 Å². The third-order valence-corrected chi connectivity index (χ3v) is 11.4. The maximum atomic E-state index is 13.5. The SMILES string of the molecule is CC1CCCC1N1C(=O)C2(CC2)c2cnc(NC3CCN(S(=O)(=O)N4CCN(C(=O)OC(C)(C)C)CC4)CC3)nc21. The first-order valence-corrected chi connectivity index (χ1v) is 16.5. The lowest BCUT2D eigenvalue weighted by molar-refractivity contribution is -0.120. The Balaban J connectivity index is 1.05. The average molecular weight is 590 g/mol. The summed E-state index contributed by atoms with van der Waals surface area (Å²) in [5.74, 6) is 1.93. The maximum absolute atomic E-state index is 13.5. The second kappa shape index (κ2) is 10.3. The van der Waals surface area contributed by atoms with Crippen molar-refractivity contribution in [2.45, 2.75) is 95.7 Å². The minimum atomic E-state index is -3.62. The Labute approximate surface area is 243 Å². The van der Waals surface area contributed by atoms with Crippen LogP contribution in [0.25, 0.3) is 0 Å². The van der Waals surface area contributed by atoms with Crippen molar-refractivity contribution in [3.63, 3.8) is 0 Å². The van der Waals surface area contributed by atoms with Crippen LogP contribution in [0.15, 0.2) is 6.20 Å². The molecule has 0 bridgehead atoms. The average Bonchev–Trinajstić information content (AvgIpc) is 3.57. The third-order valence-electron chi connectivity index (χ3n) is 9.37. The van der Waals surface area contributed by atoms with Crippen LogP contribution in [0.2, 0.25) is 0 Å². The number of aromatic nitrogens is 2. The molecular weight excluding hydrogens is 546 g/mol. The van der Waals surface area contributed by atoms with E-state index in [1.165, 1.54) is 8.61 Å². The second-order valence-electron chi connectivity index (χ2n) is 13.4. The molecule has 12 nitrogen and oxygen atoms in total. The quantitative estimate of drug-likeness (QED) is 0.555. The predicted molar refractivity (Wildman–Crippen MR) is 154 cm³/mol. The van der Waals surface area contributed by atoms with Gasteiger partial charge in [-0.3, -0.25) is 9.69 Å². The van der Waals surface area contributed by atoms with Crippen molar-refractivity contribution in [2.75, 3.05) is 49.5 Å². The van der Waals surface area contributed by atoms with Gasteiger partial charge in [-0.25, -0.2) is 9.78 Å². The molecule has 226 valence electrons. The highest BCUT2D eigenvalue weighted by Crippen LogP contribution is 2.58. The highest BCUT2D eigenvalue weighted by Gasteiger charge is 2.62. The summed E-state index contributed by atoms with van der Waals surface area (Å²) in [4.78, 5) is 38.9. The van der Waals surface area contributed by atoms with Crippen molar-refractivity contribution in [2.24, 2.45) is 5.92 Å². The van der Waals surface area contributed by atoms with E-state index in [1.54, 1.807) is 4.90 Å². The standard InChI is InChI=1S/C28H43N7O5S/c1-19-6-5-7-22(19)35-23-21(28(10-11-28)24(35)36)18-29-25(31-23)30-20-8-12-33(13-9-20)41(38,39)34-16-14-32(15-17-34)26(37)40-27(2,3)4/h18-20,22H,5-17H2,1-4H3,(H,29,30,31). The first kappa shape index (κ1) is 28.6. The number of nitrogens with zero attached hydrogens (tertiary/aromatic N) is 6. The van der Waals surface area contributed by atoms with Gasteiger partial charge in [-0.15, -0.1) is 0 Å². The smallest absolute Gasteiger partial charge is 0.410 e. The van der Waals surface area contributed by atoms with Crippen LogP contribution >= 0.6 is 0 Å². The lowest BCUT2D eigenvalue weighted by atomic mass is 10.0. The largest absolute Gasteiger partial charge is 0.444 e. The zero-order valence-electron chi connectivity index (χ0n) is 24.6. The number of nitrogens with one attached hydrogen (secondary N) is 1. The summed E-state index contributed by atoms with van der Waals surface area (Å²) < 4.78 is 35.2. The van der Waals surface area contributed by atoms with Gasteiger partial charge in [0.05, 0.1) is 5.41 Å². The van der Waals surface area contributed by atoms with Crippen molar-refractivity contribution < 1.29 is 22.7 Å². The molecule has 1 aromatic heterocycles. The normalized spacial score (nSPS) is 27.4. The molecular formula is C28H43N7O5S. The number of hydrogen-bond donors (Lipinski definition) is 1. The van der Waals surface area contributed by atoms with E-state index in [9.17, 15) is 18.0 Å². The number of carbonyl (C=O) groups excluding carboxylic acids is 2. The van der Waals surface area contributed by atoms with E-state index in [1.807, 2.05) is 31.9 Å². The summed E-state index contributed by atoms with van der Waals surface area (Å²) in [6, 6.07) is 0.234. The molecule has 2 unspecified atom stereocenters. The zero-order chi connectivity index (χ0) is 29.2. The Morgan fingerprint density at radius 2 is 1.68 bits per heavy atom. The van der Waals surface area contributed by atoms with Crippen LogP contribution in [0.5, 0.6) is 0 Å². The molecule has 41 heavy (non-hydrogen) atoms. The number of rotatable bonds is 5. The highest BCUT2D eigenvalue weighted by atomic mass is 32.2. The predicted octanol–water partition coefficient (Wildman–Crippen LogP) is 2.72. The number of amides is 2. The minimum absolute atomic E-state index is 0.0364. The second-order valence-corrected chi connectivity index (χ2v) is 15.3. The number of carbonyl (C=O) groups is 2. The van der Waals surface area contributed by atoms with Gasteiger partial charge >= 0.3 is 6.09 Å². The van der Waals surface area contributed by atoms with Gasteiger partial charge in [-0.2, -0.15) is 22.0 Å². The van der Waals surface area contributed by atoms with Gasteiger partial charge < -0.3 is 15.0 Å². The Morgan fingerprint density at radius 3 is 2.27 bits per heavy atom. The topological polar surface area (TPSA) is 128 Å². The van der Waals surface area contributed by atoms with Gasteiger partial charge in [0.2, 0.25) is 11.9 Å². The van der Waals surface area contributed by atoms with Crippen molar-refractivity contribution in [1.29, 1.82) is 0 Å². The van der Waals surface area contributed by atoms with Crippen LogP contribution < -0.4 is 10.2 Å². The summed E-state index contributed by atoms with van der Waals surface area (Å²) in [5, 5.41) is 3.43. The lowest BCUT2D eigenvalue weighted by Crippen LogP contribution is -2.56. The summed E-state index contributed by atoms with van der Waals surface area (Å²) in [7, 11) is -3.62. The first-order chi connectivity index (χ1) is 19.4. The highest BCUT2D eigenvalue weighted by molar-refractivity contribution is 7.86. The summed E-state index contributed by atoms with van der Waals surface area (Å²) >= 11 is 0. The summed E-state index contributed by atoms with van der Waals surface area (Å²) in [6.45, 7) is 9.58. The number of ether oxygens (including phenoxy) is 1. The summed E-state index contributed by atoms with van der Waals surface area (Å²) in [6.07, 6.45) is 7.71. The molecule has 0 aromatic carbocycles. The molecule has 1 spiro atoms. The Bertz CT molecular complexity index is 1300. The maximum Gasteiger partial charge on any atom is 0.410 e. The van der Waals surface area contributed by atoms with Crippen molar-refractivity contribution >= 4 is 34.0 Å². The fourth-order valence-corrected chi connectivity index (χ4v) is 8.46. The van der Waals surface area contributed by atoms with Gasteiger partial charge in [0.15, 0.2) is 0 Å². The number of piperidine rings is 1. The molecule has 3 aliphatic heterocycles. The molecule has 13 heteroatoms. The third kappa shape index (κ3) is 5.29. The van der Waals surface area contributed by atoms with Crippen LogP contribution in [-0.4, -0.2) is 101 Å².